The normalized spacial score (nSPS) is 10.5. The van der Waals surface area contributed by atoms with Crippen LogP contribution in [-0.4, -0.2) is 47.2 Å². The molecule has 36 heavy (non-hydrogen) atoms. The molecule has 2 N–H and O–H groups in total. The number of carbonyl (C=O) groups is 3. The molecule has 0 bridgehead atoms. The Hall–Kier alpha value is -4.67. The first kappa shape index (κ1) is 25.9. The maximum atomic E-state index is 13.0. The molecule has 0 amide bonds. The van der Waals surface area contributed by atoms with Crippen molar-refractivity contribution in [3.63, 3.8) is 0 Å². The van der Waals surface area contributed by atoms with Gasteiger partial charge in [-0.15, -0.1) is 0 Å². The molecule has 0 aliphatic rings. The third-order valence-electron chi connectivity index (χ3n) is 5.19. The molecule has 3 rings (SSSR count). The van der Waals surface area contributed by atoms with E-state index in [1.807, 2.05) is 0 Å². The number of nitrogens with zero attached hydrogens (tertiary/aromatic N) is 2. The quantitative estimate of drug-likeness (QED) is 0.324. The Labute approximate surface area is 205 Å². The van der Waals surface area contributed by atoms with E-state index in [0.717, 1.165) is 11.7 Å². The average molecular weight is 495 g/mol. The number of methoxy groups -OCH3 is 1. The number of esters is 2. The molecule has 0 fully saturated rings. The van der Waals surface area contributed by atoms with E-state index in [9.17, 15) is 24.0 Å². The van der Waals surface area contributed by atoms with Gasteiger partial charge in [0.1, 0.15) is 29.2 Å². The number of ether oxygens (including phenoxy) is 3. The number of aromatic nitrogens is 2. The van der Waals surface area contributed by atoms with Gasteiger partial charge in [-0.1, -0.05) is 42.5 Å². The lowest BCUT2D eigenvalue weighted by Crippen LogP contribution is -2.46. The molecule has 0 unspecified atom stereocenters. The second kappa shape index (κ2) is 11.6. The molecule has 11 heteroatoms. The Balaban J connectivity index is 1.98. The Bertz CT molecular complexity index is 1390. The van der Waals surface area contributed by atoms with E-state index in [-0.39, 0.29) is 17.9 Å². The van der Waals surface area contributed by atoms with E-state index in [0.29, 0.717) is 16.7 Å². The van der Waals surface area contributed by atoms with Crippen LogP contribution >= 0.6 is 0 Å². The van der Waals surface area contributed by atoms with Gasteiger partial charge < -0.3 is 19.9 Å². The fourth-order valence-corrected chi connectivity index (χ4v) is 3.43. The van der Waals surface area contributed by atoms with Crippen molar-refractivity contribution in [1.29, 1.82) is 0 Å². The lowest BCUT2D eigenvalue weighted by atomic mass is 10.1. The predicted octanol–water partition coefficient (Wildman–Crippen LogP) is 1.25. The molecular weight excluding hydrogens is 470 g/mol. The minimum atomic E-state index is -1.09. The van der Waals surface area contributed by atoms with Crippen LogP contribution in [0.15, 0.2) is 64.2 Å². The number of Topliss-reactive ketones (excluding diaryl/α,β-unsaturated/α-hetero) is 1. The smallest absolute Gasteiger partial charge is 0.342 e. The number of para-hydroxylation sites is 1. The van der Waals surface area contributed by atoms with E-state index in [4.69, 9.17) is 15.2 Å². The molecule has 2 aromatic carbocycles. The summed E-state index contributed by atoms with van der Waals surface area (Å²) >= 11 is 0. The molecule has 188 valence electrons. The predicted molar refractivity (Wildman–Crippen MR) is 129 cm³/mol. The highest BCUT2D eigenvalue weighted by molar-refractivity contribution is 6.02. The fraction of sp³-hybridized carbons (Fsp3) is 0.240. The number of benzene rings is 2. The van der Waals surface area contributed by atoms with Crippen LogP contribution in [0.4, 0.5) is 5.82 Å². The van der Waals surface area contributed by atoms with Crippen molar-refractivity contribution in [2.45, 2.75) is 20.0 Å². The molecule has 0 aliphatic heterocycles. The summed E-state index contributed by atoms with van der Waals surface area (Å²) in [5.74, 6) is -2.80. The van der Waals surface area contributed by atoms with Gasteiger partial charge in [0, 0.05) is 0 Å². The van der Waals surface area contributed by atoms with Crippen molar-refractivity contribution in [2.75, 3.05) is 26.1 Å². The summed E-state index contributed by atoms with van der Waals surface area (Å²) in [5, 5.41) is 0. The molecule has 3 aromatic rings. The summed E-state index contributed by atoms with van der Waals surface area (Å²) in [6, 6.07) is 15.0. The minimum Gasteiger partial charge on any atom is -0.493 e. The standard InChI is InChI=1S/C25H25N3O8/c1-3-35-19-12-8-7-11-17(19)24(32)36-15-18(29)21-22(26)27(13-16-9-5-4-6-10-16)25(33)28(23(21)31)14-20(30)34-2/h4-12H,3,13-15,26H2,1-2H3. The third kappa shape index (κ3) is 5.69. The van der Waals surface area contributed by atoms with Crippen molar-refractivity contribution in [3.8, 4) is 5.75 Å². The van der Waals surface area contributed by atoms with Gasteiger partial charge in [-0.3, -0.25) is 19.0 Å². The second-order valence-electron chi connectivity index (χ2n) is 7.51. The van der Waals surface area contributed by atoms with Crippen LogP contribution in [0.2, 0.25) is 0 Å². The first-order chi connectivity index (χ1) is 17.3. The maximum Gasteiger partial charge on any atom is 0.342 e. The van der Waals surface area contributed by atoms with Crippen LogP contribution < -0.4 is 21.7 Å². The molecule has 0 aliphatic carbocycles. The van der Waals surface area contributed by atoms with Crippen LogP contribution in [0.3, 0.4) is 0 Å². The molecule has 0 radical (unpaired) electrons. The summed E-state index contributed by atoms with van der Waals surface area (Å²) < 4.78 is 16.6. The Kier molecular flexibility index (Phi) is 8.39. The van der Waals surface area contributed by atoms with Crippen molar-refractivity contribution in [1.82, 2.24) is 9.13 Å². The number of nitrogen functional groups attached to an aromatic ring is 1. The number of anilines is 1. The second-order valence-corrected chi connectivity index (χ2v) is 7.51. The van der Waals surface area contributed by atoms with Crippen LogP contribution in [-0.2, 0) is 27.4 Å². The summed E-state index contributed by atoms with van der Waals surface area (Å²) in [6.07, 6.45) is 0. The molecule has 0 saturated carbocycles. The minimum absolute atomic E-state index is 0.0746. The molecular formula is C25H25N3O8. The van der Waals surface area contributed by atoms with Gasteiger partial charge in [0.15, 0.2) is 6.61 Å². The molecule has 0 atom stereocenters. The number of rotatable bonds is 10. The molecule has 11 nitrogen and oxygen atoms in total. The van der Waals surface area contributed by atoms with Crippen molar-refractivity contribution >= 4 is 23.5 Å². The van der Waals surface area contributed by atoms with Crippen LogP contribution in [0.1, 0.15) is 33.2 Å². The number of carbonyl (C=O) groups excluding carboxylic acids is 3. The van der Waals surface area contributed by atoms with E-state index in [2.05, 4.69) is 4.74 Å². The zero-order valence-electron chi connectivity index (χ0n) is 19.8. The van der Waals surface area contributed by atoms with Gasteiger partial charge in [0.25, 0.3) is 5.56 Å². The largest absolute Gasteiger partial charge is 0.493 e. The highest BCUT2D eigenvalue weighted by Gasteiger charge is 2.25. The van der Waals surface area contributed by atoms with Crippen molar-refractivity contribution in [3.05, 3.63) is 92.1 Å². The lowest BCUT2D eigenvalue weighted by Gasteiger charge is -2.16. The van der Waals surface area contributed by atoms with Crippen LogP contribution in [0.5, 0.6) is 5.75 Å². The number of ketones is 1. The zero-order valence-corrected chi connectivity index (χ0v) is 19.8. The van der Waals surface area contributed by atoms with Crippen molar-refractivity contribution < 1.29 is 28.6 Å². The molecule has 1 heterocycles. The van der Waals surface area contributed by atoms with Crippen LogP contribution in [0, 0.1) is 0 Å². The molecule has 0 spiro atoms. The Morgan fingerprint density at radius 2 is 1.61 bits per heavy atom. The van der Waals surface area contributed by atoms with E-state index in [1.165, 1.54) is 6.07 Å². The van der Waals surface area contributed by atoms with Gasteiger partial charge in [-0.2, -0.15) is 0 Å². The Morgan fingerprint density at radius 1 is 0.944 bits per heavy atom. The summed E-state index contributed by atoms with van der Waals surface area (Å²) in [7, 11) is 1.10. The first-order valence-corrected chi connectivity index (χ1v) is 10.9. The first-order valence-electron chi connectivity index (χ1n) is 10.9. The van der Waals surface area contributed by atoms with Gasteiger partial charge >= 0.3 is 17.6 Å². The van der Waals surface area contributed by atoms with E-state index in [1.54, 1.807) is 55.5 Å². The highest BCUT2D eigenvalue weighted by Crippen LogP contribution is 2.19. The zero-order chi connectivity index (χ0) is 26.2. The number of hydrogen-bond donors (Lipinski definition) is 1. The number of nitrogens with two attached hydrogens (primary N) is 1. The van der Waals surface area contributed by atoms with Crippen molar-refractivity contribution in [2.24, 2.45) is 0 Å². The SMILES string of the molecule is CCOc1ccccc1C(=O)OCC(=O)c1c(N)n(Cc2ccccc2)c(=O)n(CC(=O)OC)c1=O. The Morgan fingerprint density at radius 3 is 2.28 bits per heavy atom. The topological polar surface area (TPSA) is 149 Å². The summed E-state index contributed by atoms with van der Waals surface area (Å²) in [6.45, 7) is 0.418. The van der Waals surface area contributed by atoms with Gasteiger partial charge in [-0.25, -0.2) is 14.2 Å². The van der Waals surface area contributed by atoms with Crippen LogP contribution in [0.25, 0.3) is 0 Å². The van der Waals surface area contributed by atoms with Gasteiger partial charge in [-0.05, 0) is 24.6 Å². The number of hydrogen-bond acceptors (Lipinski definition) is 9. The summed E-state index contributed by atoms with van der Waals surface area (Å²) in [4.78, 5) is 63.5. The molecule has 1 aromatic heterocycles. The molecule has 0 saturated heterocycles. The average Bonchev–Trinajstić information content (AvgIpc) is 2.88. The fourth-order valence-electron chi connectivity index (χ4n) is 3.43. The third-order valence-corrected chi connectivity index (χ3v) is 5.19. The van der Waals surface area contributed by atoms with Gasteiger partial charge in [0.2, 0.25) is 5.78 Å². The maximum absolute atomic E-state index is 13.0. The highest BCUT2D eigenvalue weighted by atomic mass is 16.5. The lowest BCUT2D eigenvalue weighted by molar-refractivity contribution is -0.141. The summed E-state index contributed by atoms with van der Waals surface area (Å²) in [5.41, 5.74) is 4.28. The van der Waals surface area contributed by atoms with Gasteiger partial charge in [0.05, 0.1) is 20.3 Å². The monoisotopic (exact) mass is 495 g/mol. The van der Waals surface area contributed by atoms with E-state index < -0.39 is 53.5 Å². The van der Waals surface area contributed by atoms with E-state index >= 15 is 0 Å².